The second-order valence-corrected chi connectivity index (χ2v) is 3.07. The van der Waals surface area contributed by atoms with Crippen LogP contribution < -0.4 is 16.4 Å². The van der Waals surface area contributed by atoms with Crippen molar-refractivity contribution in [3.05, 3.63) is 0 Å². The number of hydrogen-bond donors (Lipinski definition) is 3. The molecule has 0 saturated heterocycles. The largest absolute Gasteiger partial charge is 0.329 e. The van der Waals surface area contributed by atoms with Crippen LogP contribution in [0.15, 0.2) is 0 Å². The summed E-state index contributed by atoms with van der Waals surface area (Å²) in [6.07, 6.45) is 0. The maximum Gasteiger partial charge on any atom is 0.00771 e. The third kappa shape index (κ3) is 5.18. The molecule has 0 spiro atoms. The molecule has 0 aliphatic rings. The van der Waals surface area contributed by atoms with Gasteiger partial charge < -0.3 is 16.4 Å². The standard InChI is InChI=1S/C8H21N3/c1-7(6-10-3)8(2)11-5-4-9/h7-8,10-11H,4-6,9H2,1-3H3. The quantitative estimate of drug-likeness (QED) is 0.502. The molecule has 0 fully saturated rings. The highest BCUT2D eigenvalue weighted by atomic mass is 14.9. The van der Waals surface area contributed by atoms with Gasteiger partial charge in [0.05, 0.1) is 0 Å². The molecule has 0 rings (SSSR count). The van der Waals surface area contributed by atoms with Crippen molar-refractivity contribution in [2.45, 2.75) is 19.9 Å². The van der Waals surface area contributed by atoms with Crippen molar-refractivity contribution in [2.24, 2.45) is 11.7 Å². The van der Waals surface area contributed by atoms with E-state index in [2.05, 4.69) is 24.5 Å². The molecule has 0 aliphatic heterocycles. The molecular formula is C8H21N3. The van der Waals surface area contributed by atoms with Crippen LogP contribution in [0, 0.1) is 5.92 Å². The lowest BCUT2D eigenvalue weighted by molar-refractivity contribution is 0.393. The Morgan fingerprint density at radius 3 is 2.45 bits per heavy atom. The Morgan fingerprint density at radius 1 is 1.36 bits per heavy atom. The predicted octanol–water partition coefficient (Wildman–Crippen LogP) is -0.221. The van der Waals surface area contributed by atoms with Gasteiger partial charge >= 0.3 is 0 Å². The molecule has 0 aromatic rings. The first-order valence-corrected chi connectivity index (χ1v) is 4.30. The van der Waals surface area contributed by atoms with Gasteiger partial charge in [-0.05, 0) is 26.4 Å². The fourth-order valence-electron chi connectivity index (χ4n) is 1.01. The fraction of sp³-hybridized carbons (Fsp3) is 1.00. The summed E-state index contributed by atoms with van der Waals surface area (Å²) in [6, 6.07) is 0.547. The van der Waals surface area contributed by atoms with Gasteiger partial charge in [-0.2, -0.15) is 0 Å². The van der Waals surface area contributed by atoms with Gasteiger partial charge in [-0.25, -0.2) is 0 Å². The fourth-order valence-corrected chi connectivity index (χ4v) is 1.01. The Kier molecular flexibility index (Phi) is 6.51. The van der Waals surface area contributed by atoms with Crippen LogP contribution in [0.3, 0.4) is 0 Å². The topological polar surface area (TPSA) is 50.1 Å². The highest BCUT2D eigenvalue weighted by Crippen LogP contribution is 1.99. The summed E-state index contributed by atoms with van der Waals surface area (Å²) in [4.78, 5) is 0. The van der Waals surface area contributed by atoms with E-state index in [1.54, 1.807) is 0 Å². The van der Waals surface area contributed by atoms with Crippen molar-refractivity contribution in [3.63, 3.8) is 0 Å². The molecule has 3 heteroatoms. The minimum absolute atomic E-state index is 0.547. The summed E-state index contributed by atoms with van der Waals surface area (Å²) in [7, 11) is 1.98. The van der Waals surface area contributed by atoms with Crippen LogP contribution in [-0.2, 0) is 0 Å². The normalized spacial score (nSPS) is 16.4. The van der Waals surface area contributed by atoms with Crippen LogP contribution in [0.25, 0.3) is 0 Å². The van der Waals surface area contributed by atoms with Crippen LogP contribution in [0.4, 0.5) is 0 Å². The second kappa shape index (κ2) is 6.58. The molecule has 0 amide bonds. The smallest absolute Gasteiger partial charge is 0.00771 e. The Bertz CT molecular complexity index is 85.4. The Balaban J connectivity index is 3.38. The van der Waals surface area contributed by atoms with E-state index in [0.717, 1.165) is 19.6 Å². The summed E-state index contributed by atoms with van der Waals surface area (Å²) in [5.74, 6) is 0.659. The van der Waals surface area contributed by atoms with E-state index < -0.39 is 0 Å². The van der Waals surface area contributed by atoms with Gasteiger partial charge in [0.1, 0.15) is 0 Å². The van der Waals surface area contributed by atoms with E-state index in [1.807, 2.05) is 7.05 Å². The van der Waals surface area contributed by atoms with Crippen molar-refractivity contribution in [2.75, 3.05) is 26.7 Å². The molecule has 0 heterocycles. The third-order valence-electron chi connectivity index (χ3n) is 1.99. The Hall–Kier alpha value is -0.120. The average Bonchev–Trinajstić information content (AvgIpc) is 2.00. The zero-order valence-electron chi connectivity index (χ0n) is 7.85. The molecule has 2 unspecified atom stereocenters. The molecule has 0 bridgehead atoms. The minimum atomic E-state index is 0.547. The molecular weight excluding hydrogens is 138 g/mol. The predicted molar refractivity (Wildman–Crippen MR) is 49.6 cm³/mol. The van der Waals surface area contributed by atoms with E-state index in [1.165, 1.54) is 0 Å². The van der Waals surface area contributed by atoms with Crippen LogP contribution >= 0.6 is 0 Å². The number of rotatable bonds is 6. The zero-order valence-corrected chi connectivity index (χ0v) is 7.85. The highest BCUT2D eigenvalue weighted by molar-refractivity contribution is 4.69. The molecule has 0 radical (unpaired) electrons. The summed E-state index contributed by atoms with van der Waals surface area (Å²) >= 11 is 0. The molecule has 0 aromatic carbocycles. The first-order valence-electron chi connectivity index (χ1n) is 4.30. The number of hydrogen-bond acceptors (Lipinski definition) is 3. The van der Waals surface area contributed by atoms with Crippen LogP contribution in [0.1, 0.15) is 13.8 Å². The molecule has 0 aliphatic carbocycles. The van der Waals surface area contributed by atoms with Crippen molar-refractivity contribution >= 4 is 0 Å². The SMILES string of the molecule is CNCC(C)C(C)NCCN. The highest BCUT2D eigenvalue weighted by Gasteiger charge is 2.08. The lowest BCUT2D eigenvalue weighted by Gasteiger charge is -2.20. The lowest BCUT2D eigenvalue weighted by Crippen LogP contribution is -2.39. The Morgan fingerprint density at radius 2 is 2.00 bits per heavy atom. The monoisotopic (exact) mass is 159 g/mol. The first kappa shape index (κ1) is 10.9. The van der Waals surface area contributed by atoms with E-state index >= 15 is 0 Å². The van der Waals surface area contributed by atoms with E-state index in [-0.39, 0.29) is 0 Å². The molecule has 4 N–H and O–H groups in total. The van der Waals surface area contributed by atoms with Crippen molar-refractivity contribution in [1.82, 2.24) is 10.6 Å². The van der Waals surface area contributed by atoms with Gasteiger partial charge in [0.2, 0.25) is 0 Å². The third-order valence-corrected chi connectivity index (χ3v) is 1.99. The van der Waals surface area contributed by atoms with E-state index in [4.69, 9.17) is 5.73 Å². The van der Waals surface area contributed by atoms with Gasteiger partial charge in [0, 0.05) is 19.1 Å². The molecule has 68 valence electrons. The maximum atomic E-state index is 5.37. The van der Waals surface area contributed by atoms with Crippen LogP contribution in [-0.4, -0.2) is 32.7 Å². The first-order chi connectivity index (χ1) is 5.22. The molecule has 2 atom stereocenters. The maximum absolute atomic E-state index is 5.37. The van der Waals surface area contributed by atoms with Crippen LogP contribution in [0.5, 0.6) is 0 Å². The lowest BCUT2D eigenvalue weighted by atomic mass is 10.0. The van der Waals surface area contributed by atoms with Gasteiger partial charge in [0.15, 0.2) is 0 Å². The van der Waals surface area contributed by atoms with Gasteiger partial charge in [0.25, 0.3) is 0 Å². The van der Waals surface area contributed by atoms with Crippen molar-refractivity contribution < 1.29 is 0 Å². The molecule has 0 saturated carbocycles. The summed E-state index contributed by atoms with van der Waals surface area (Å²) in [6.45, 7) is 7.10. The average molecular weight is 159 g/mol. The summed E-state index contributed by atoms with van der Waals surface area (Å²) < 4.78 is 0. The zero-order chi connectivity index (χ0) is 8.69. The van der Waals surface area contributed by atoms with E-state index in [9.17, 15) is 0 Å². The van der Waals surface area contributed by atoms with Gasteiger partial charge in [-0.1, -0.05) is 6.92 Å². The summed E-state index contributed by atoms with van der Waals surface area (Å²) in [5.41, 5.74) is 5.37. The van der Waals surface area contributed by atoms with Gasteiger partial charge in [-0.3, -0.25) is 0 Å². The molecule has 0 aromatic heterocycles. The molecule has 3 nitrogen and oxygen atoms in total. The minimum Gasteiger partial charge on any atom is -0.329 e. The van der Waals surface area contributed by atoms with Crippen molar-refractivity contribution in [3.8, 4) is 0 Å². The second-order valence-electron chi connectivity index (χ2n) is 3.07. The number of nitrogens with one attached hydrogen (secondary N) is 2. The van der Waals surface area contributed by atoms with E-state index in [0.29, 0.717) is 12.0 Å². The van der Waals surface area contributed by atoms with Crippen LogP contribution in [0.2, 0.25) is 0 Å². The van der Waals surface area contributed by atoms with Crippen molar-refractivity contribution in [1.29, 1.82) is 0 Å². The summed E-state index contributed by atoms with van der Waals surface area (Å²) in [5, 5.41) is 6.51. The molecule has 11 heavy (non-hydrogen) atoms. The number of nitrogens with two attached hydrogens (primary N) is 1. The Labute approximate surface area is 69.7 Å². The van der Waals surface area contributed by atoms with Gasteiger partial charge in [-0.15, -0.1) is 0 Å².